The Kier molecular flexibility index (Phi) is 7.33. The summed E-state index contributed by atoms with van der Waals surface area (Å²) in [6, 6.07) is 29.3. The van der Waals surface area contributed by atoms with E-state index in [4.69, 9.17) is 17.0 Å². The number of nitrogens with zero attached hydrogens (tertiary/aromatic N) is 1. The number of ether oxygens (including phenoxy) is 1. The highest BCUT2D eigenvalue weighted by Gasteiger charge is 2.38. The smallest absolute Gasteiger partial charge is 0.306 e. The summed E-state index contributed by atoms with van der Waals surface area (Å²) in [4.78, 5) is 15.7. The van der Waals surface area contributed by atoms with Crippen LogP contribution in [0.5, 0.6) is 0 Å². The van der Waals surface area contributed by atoms with Gasteiger partial charge in [0.05, 0.1) is 18.0 Å². The van der Waals surface area contributed by atoms with E-state index in [1.807, 2.05) is 25.1 Å². The minimum atomic E-state index is -0.153. The molecule has 0 N–H and O–H groups in total. The van der Waals surface area contributed by atoms with Crippen molar-refractivity contribution >= 4 is 23.2 Å². The quantitative estimate of drug-likeness (QED) is 0.319. The van der Waals surface area contributed by atoms with Crippen molar-refractivity contribution < 1.29 is 9.53 Å². The van der Waals surface area contributed by atoms with Gasteiger partial charge in [0, 0.05) is 24.9 Å². The molecule has 0 bridgehead atoms. The highest BCUT2D eigenvalue weighted by molar-refractivity contribution is 7.80. The molecule has 0 saturated carbocycles. The summed E-state index contributed by atoms with van der Waals surface area (Å²) in [5.74, 6) is -0.00861. The minimum Gasteiger partial charge on any atom is -0.466 e. The summed E-state index contributed by atoms with van der Waals surface area (Å²) < 4.78 is 5.30. The predicted octanol–water partition coefficient (Wildman–Crippen LogP) is 5.93. The molecule has 0 heterocycles. The van der Waals surface area contributed by atoms with E-state index in [2.05, 4.69) is 71.6 Å². The lowest BCUT2D eigenvalue weighted by molar-refractivity contribution is -0.143. The van der Waals surface area contributed by atoms with Crippen LogP contribution in [0.3, 0.4) is 0 Å². The molecule has 3 nitrogen and oxygen atoms in total. The highest BCUT2D eigenvalue weighted by atomic mass is 32.1. The molecular weight excluding hydrogens is 414 g/mol. The maximum atomic E-state index is 12.4. The van der Waals surface area contributed by atoms with E-state index < -0.39 is 0 Å². The molecular formula is C28H29NO2S. The third-order valence-electron chi connectivity index (χ3n) is 6.13. The number of carbonyl (C=O) groups is 1. The number of fused-ring (bicyclic) bond motifs is 1. The molecule has 0 radical (unpaired) electrons. The van der Waals surface area contributed by atoms with Crippen molar-refractivity contribution in [3.05, 3.63) is 107 Å². The van der Waals surface area contributed by atoms with E-state index in [0.717, 1.165) is 24.5 Å². The van der Waals surface area contributed by atoms with Crippen LogP contribution >= 0.6 is 12.2 Å². The van der Waals surface area contributed by atoms with Gasteiger partial charge in [0.1, 0.15) is 0 Å². The number of thiocarbonyl (C=S) groups is 1. The molecule has 0 fully saturated rings. The zero-order valence-corrected chi connectivity index (χ0v) is 19.3. The summed E-state index contributed by atoms with van der Waals surface area (Å²) in [6.45, 7) is 3.74. The van der Waals surface area contributed by atoms with Gasteiger partial charge in [0.25, 0.3) is 0 Å². The van der Waals surface area contributed by atoms with Crippen LogP contribution in [0.1, 0.15) is 41.5 Å². The van der Waals surface area contributed by atoms with Gasteiger partial charge >= 0.3 is 5.97 Å². The van der Waals surface area contributed by atoms with E-state index in [1.165, 1.54) is 22.3 Å². The fourth-order valence-electron chi connectivity index (χ4n) is 4.64. The second kappa shape index (κ2) is 10.6. The average molecular weight is 444 g/mol. The van der Waals surface area contributed by atoms with Gasteiger partial charge < -0.3 is 9.64 Å². The van der Waals surface area contributed by atoms with Gasteiger partial charge in [-0.15, -0.1) is 0 Å². The molecule has 0 unspecified atom stereocenters. The summed E-state index contributed by atoms with van der Waals surface area (Å²) in [5, 5.41) is 0. The van der Waals surface area contributed by atoms with Crippen LogP contribution in [0.15, 0.2) is 84.9 Å². The van der Waals surface area contributed by atoms with Crippen LogP contribution in [-0.4, -0.2) is 22.5 Å². The molecule has 4 heteroatoms. The number of hydrogen-bond donors (Lipinski definition) is 0. The largest absolute Gasteiger partial charge is 0.466 e. The van der Waals surface area contributed by atoms with Crippen molar-refractivity contribution in [2.24, 2.45) is 5.92 Å². The first-order chi connectivity index (χ1) is 15.7. The molecule has 0 aliphatic heterocycles. The Labute approximate surface area is 196 Å². The molecule has 2 atom stereocenters. The van der Waals surface area contributed by atoms with Gasteiger partial charge in [-0.2, -0.15) is 0 Å². The van der Waals surface area contributed by atoms with Crippen molar-refractivity contribution in [1.29, 1.82) is 0 Å². The molecule has 1 aliphatic carbocycles. The second-order valence-electron chi connectivity index (χ2n) is 8.29. The molecule has 0 saturated heterocycles. The molecule has 3 aromatic carbocycles. The standard InChI is InChI=1S/C28H29NO2S/c1-2-31-27(30)18-25-24-16-10-9-15-23(24)17-26(25)28(32)29(19-21-11-5-3-6-12-21)20-22-13-7-4-8-14-22/h3-16,25-26H,2,17-20H2,1H3/t25-,26-/m1/s1. The molecule has 0 spiro atoms. The Hall–Kier alpha value is -2.98. The SMILES string of the molecule is CCOC(=O)C[C@@H]1c2ccccc2C[C@H]1C(=S)N(Cc1ccccc1)Cc1ccccc1. The van der Waals surface area contributed by atoms with Gasteiger partial charge in [0.2, 0.25) is 0 Å². The van der Waals surface area contributed by atoms with Crippen LogP contribution in [0.4, 0.5) is 0 Å². The van der Waals surface area contributed by atoms with E-state index in [0.29, 0.717) is 13.0 Å². The van der Waals surface area contributed by atoms with E-state index >= 15 is 0 Å². The summed E-state index contributed by atoms with van der Waals surface area (Å²) in [5.41, 5.74) is 4.97. The fourth-order valence-corrected chi connectivity index (χ4v) is 5.02. The lowest BCUT2D eigenvalue weighted by Gasteiger charge is -2.31. The number of benzene rings is 3. The molecule has 164 valence electrons. The van der Waals surface area contributed by atoms with Crippen molar-refractivity contribution in [2.45, 2.75) is 38.8 Å². The lowest BCUT2D eigenvalue weighted by Crippen LogP contribution is -2.36. The van der Waals surface area contributed by atoms with Crippen molar-refractivity contribution in [2.75, 3.05) is 6.61 Å². The number of esters is 1. The summed E-state index contributed by atoms with van der Waals surface area (Å²) in [6.07, 6.45) is 1.22. The van der Waals surface area contributed by atoms with Gasteiger partial charge in [-0.1, -0.05) is 97.1 Å². The zero-order chi connectivity index (χ0) is 22.3. The van der Waals surface area contributed by atoms with E-state index in [-0.39, 0.29) is 17.8 Å². The summed E-state index contributed by atoms with van der Waals surface area (Å²) >= 11 is 6.15. The minimum absolute atomic E-state index is 0.0480. The van der Waals surface area contributed by atoms with Crippen LogP contribution in [0, 0.1) is 5.92 Å². The molecule has 32 heavy (non-hydrogen) atoms. The van der Waals surface area contributed by atoms with E-state index in [1.54, 1.807) is 0 Å². The maximum absolute atomic E-state index is 12.4. The van der Waals surface area contributed by atoms with Crippen LogP contribution < -0.4 is 0 Å². The highest BCUT2D eigenvalue weighted by Crippen LogP contribution is 2.42. The van der Waals surface area contributed by atoms with Crippen molar-refractivity contribution in [3.8, 4) is 0 Å². The van der Waals surface area contributed by atoms with Crippen LogP contribution in [0.2, 0.25) is 0 Å². The third kappa shape index (κ3) is 5.25. The Morgan fingerprint density at radius 2 is 1.47 bits per heavy atom. The molecule has 0 amide bonds. The molecule has 4 rings (SSSR count). The van der Waals surface area contributed by atoms with Gasteiger partial charge in [-0.25, -0.2) is 0 Å². The van der Waals surface area contributed by atoms with Gasteiger partial charge in [0.15, 0.2) is 0 Å². The first-order valence-corrected chi connectivity index (χ1v) is 11.7. The third-order valence-corrected chi connectivity index (χ3v) is 6.69. The number of rotatable bonds is 8. The Bertz CT molecular complexity index is 1010. The number of hydrogen-bond acceptors (Lipinski definition) is 3. The average Bonchev–Trinajstić information content (AvgIpc) is 3.18. The lowest BCUT2D eigenvalue weighted by atomic mass is 9.88. The van der Waals surface area contributed by atoms with Crippen molar-refractivity contribution in [3.63, 3.8) is 0 Å². The Morgan fingerprint density at radius 1 is 0.906 bits per heavy atom. The molecule has 1 aliphatic rings. The van der Waals surface area contributed by atoms with Crippen LogP contribution in [-0.2, 0) is 29.0 Å². The zero-order valence-electron chi connectivity index (χ0n) is 18.4. The van der Waals surface area contributed by atoms with Gasteiger partial charge in [-0.05, 0) is 35.6 Å². The topological polar surface area (TPSA) is 29.5 Å². The molecule has 0 aromatic heterocycles. The normalized spacial score (nSPS) is 16.9. The Morgan fingerprint density at radius 3 is 2.06 bits per heavy atom. The predicted molar refractivity (Wildman–Crippen MR) is 132 cm³/mol. The van der Waals surface area contributed by atoms with Gasteiger partial charge in [-0.3, -0.25) is 4.79 Å². The number of carbonyl (C=O) groups excluding carboxylic acids is 1. The second-order valence-corrected chi connectivity index (χ2v) is 8.71. The maximum Gasteiger partial charge on any atom is 0.306 e. The fraction of sp³-hybridized carbons (Fsp3) is 0.286. The Balaban J connectivity index is 1.62. The van der Waals surface area contributed by atoms with Crippen LogP contribution in [0.25, 0.3) is 0 Å². The summed E-state index contributed by atoms with van der Waals surface area (Å²) in [7, 11) is 0. The molecule has 3 aromatic rings. The monoisotopic (exact) mass is 443 g/mol. The van der Waals surface area contributed by atoms with E-state index in [9.17, 15) is 4.79 Å². The van der Waals surface area contributed by atoms with Crippen molar-refractivity contribution in [1.82, 2.24) is 4.90 Å². The first-order valence-electron chi connectivity index (χ1n) is 11.3. The first kappa shape index (κ1) is 22.2.